The van der Waals surface area contributed by atoms with E-state index in [1.807, 2.05) is 24.3 Å². The van der Waals surface area contributed by atoms with Crippen molar-refractivity contribution in [3.8, 4) is 0 Å². The van der Waals surface area contributed by atoms with E-state index in [0.29, 0.717) is 12.2 Å². The van der Waals surface area contributed by atoms with Crippen LogP contribution < -0.4 is 5.32 Å². The molecule has 0 fully saturated rings. The highest BCUT2D eigenvalue weighted by Crippen LogP contribution is 2.11. The number of benzene rings is 1. The number of unbranched alkanes of at least 4 members (excludes halogenated alkanes) is 2. The molecule has 1 aromatic rings. The van der Waals surface area contributed by atoms with E-state index in [1.165, 1.54) is 6.42 Å². The van der Waals surface area contributed by atoms with Crippen LogP contribution in [0.1, 0.15) is 49.9 Å². The Hall–Kier alpha value is -1.51. The Morgan fingerprint density at radius 3 is 2.39 bits per heavy atom. The number of nitrogens with one attached hydrogen (secondary N) is 1. The zero-order chi connectivity index (χ0) is 13.2. The molecular weight excluding hydrogens is 226 g/mol. The molecule has 0 aliphatic rings. The third-order valence-corrected chi connectivity index (χ3v) is 2.71. The van der Waals surface area contributed by atoms with Gasteiger partial charge in [0.1, 0.15) is 0 Å². The van der Waals surface area contributed by atoms with Crippen LogP contribution in [0.2, 0.25) is 0 Å². The Bertz CT molecular complexity index is 346. The molecule has 0 aliphatic carbocycles. The number of ether oxygens (including phenoxy) is 1. The number of hydrogen-bond donors (Lipinski definition) is 1. The Kier molecular flexibility index (Phi) is 6.92. The molecule has 0 unspecified atom stereocenters. The molecule has 0 heterocycles. The van der Waals surface area contributed by atoms with E-state index in [1.54, 1.807) is 0 Å². The molecule has 0 spiro atoms. The van der Waals surface area contributed by atoms with Crippen molar-refractivity contribution in [3.05, 3.63) is 29.8 Å². The second kappa shape index (κ2) is 8.56. The SMILES string of the molecule is CCCCNc1ccc(C(=O)OCCCC)cc1. The minimum Gasteiger partial charge on any atom is -0.462 e. The van der Waals surface area contributed by atoms with Crippen molar-refractivity contribution in [1.82, 2.24) is 0 Å². The number of rotatable bonds is 8. The third-order valence-electron chi connectivity index (χ3n) is 2.71. The summed E-state index contributed by atoms with van der Waals surface area (Å²) in [6.45, 7) is 5.71. The summed E-state index contributed by atoms with van der Waals surface area (Å²) in [4.78, 5) is 11.6. The molecule has 1 aromatic carbocycles. The first-order valence-corrected chi connectivity index (χ1v) is 6.79. The van der Waals surface area contributed by atoms with Crippen molar-refractivity contribution in [2.24, 2.45) is 0 Å². The average molecular weight is 249 g/mol. The lowest BCUT2D eigenvalue weighted by molar-refractivity contribution is 0.0500. The molecule has 3 heteroatoms. The van der Waals surface area contributed by atoms with Gasteiger partial charge >= 0.3 is 5.97 Å². The summed E-state index contributed by atoms with van der Waals surface area (Å²) in [6, 6.07) is 7.46. The fraction of sp³-hybridized carbons (Fsp3) is 0.533. The zero-order valence-corrected chi connectivity index (χ0v) is 11.4. The first-order valence-electron chi connectivity index (χ1n) is 6.79. The van der Waals surface area contributed by atoms with Crippen LogP contribution in [-0.4, -0.2) is 19.1 Å². The van der Waals surface area contributed by atoms with E-state index >= 15 is 0 Å². The van der Waals surface area contributed by atoms with Crippen LogP contribution in [0.4, 0.5) is 5.69 Å². The molecule has 0 atom stereocenters. The molecule has 3 nitrogen and oxygen atoms in total. The Morgan fingerprint density at radius 2 is 1.78 bits per heavy atom. The molecule has 0 saturated heterocycles. The molecule has 100 valence electrons. The van der Waals surface area contributed by atoms with Crippen LogP contribution in [0.15, 0.2) is 24.3 Å². The van der Waals surface area contributed by atoms with Crippen LogP contribution in [0.3, 0.4) is 0 Å². The number of hydrogen-bond acceptors (Lipinski definition) is 3. The number of anilines is 1. The molecule has 1 rings (SSSR count). The molecule has 0 aliphatic heterocycles. The van der Waals surface area contributed by atoms with Gasteiger partial charge in [0.25, 0.3) is 0 Å². The number of carbonyl (C=O) groups is 1. The first-order chi connectivity index (χ1) is 8.77. The predicted octanol–water partition coefficient (Wildman–Crippen LogP) is 3.86. The maximum absolute atomic E-state index is 11.6. The molecular formula is C15H23NO2. The lowest BCUT2D eigenvalue weighted by atomic mass is 10.2. The quantitative estimate of drug-likeness (QED) is 0.561. The summed E-state index contributed by atoms with van der Waals surface area (Å²) in [6.07, 6.45) is 4.28. The maximum Gasteiger partial charge on any atom is 0.338 e. The molecule has 0 aromatic heterocycles. The van der Waals surface area contributed by atoms with Crippen LogP contribution in [0, 0.1) is 0 Å². The van der Waals surface area contributed by atoms with E-state index in [4.69, 9.17) is 4.74 Å². The van der Waals surface area contributed by atoms with Gasteiger partial charge in [-0.25, -0.2) is 4.79 Å². The first kappa shape index (κ1) is 14.6. The molecule has 0 saturated carbocycles. The van der Waals surface area contributed by atoms with Crippen molar-refractivity contribution >= 4 is 11.7 Å². The zero-order valence-electron chi connectivity index (χ0n) is 11.4. The lowest BCUT2D eigenvalue weighted by Crippen LogP contribution is -2.06. The molecule has 0 radical (unpaired) electrons. The Labute approximate surface area is 110 Å². The monoisotopic (exact) mass is 249 g/mol. The van der Waals surface area contributed by atoms with Crippen LogP contribution in [-0.2, 0) is 4.74 Å². The van der Waals surface area contributed by atoms with Gasteiger partial charge in [-0.15, -0.1) is 0 Å². The van der Waals surface area contributed by atoms with Gasteiger partial charge in [0.05, 0.1) is 12.2 Å². The molecule has 0 amide bonds. The minimum absolute atomic E-state index is 0.233. The number of carbonyl (C=O) groups excluding carboxylic acids is 1. The van der Waals surface area contributed by atoms with Gasteiger partial charge in [-0.3, -0.25) is 0 Å². The lowest BCUT2D eigenvalue weighted by Gasteiger charge is -2.07. The average Bonchev–Trinajstić information content (AvgIpc) is 2.40. The van der Waals surface area contributed by atoms with E-state index < -0.39 is 0 Å². The molecule has 18 heavy (non-hydrogen) atoms. The maximum atomic E-state index is 11.6. The van der Waals surface area contributed by atoms with Gasteiger partial charge in [0.2, 0.25) is 0 Å². The van der Waals surface area contributed by atoms with E-state index in [0.717, 1.165) is 31.5 Å². The fourth-order valence-electron chi connectivity index (χ4n) is 1.53. The predicted molar refractivity (Wildman–Crippen MR) is 75.0 cm³/mol. The van der Waals surface area contributed by atoms with Gasteiger partial charge in [-0.05, 0) is 37.1 Å². The molecule has 1 N–H and O–H groups in total. The van der Waals surface area contributed by atoms with Gasteiger partial charge < -0.3 is 10.1 Å². The van der Waals surface area contributed by atoms with Gasteiger partial charge in [0, 0.05) is 12.2 Å². The van der Waals surface area contributed by atoms with E-state index in [-0.39, 0.29) is 5.97 Å². The van der Waals surface area contributed by atoms with Gasteiger partial charge in [-0.1, -0.05) is 26.7 Å². The second-order valence-electron chi connectivity index (χ2n) is 4.35. The van der Waals surface area contributed by atoms with Crippen LogP contribution >= 0.6 is 0 Å². The molecule has 0 bridgehead atoms. The summed E-state index contributed by atoms with van der Waals surface area (Å²) in [7, 11) is 0. The summed E-state index contributed by atoms with van der Waals surface area (Å²) >= 11 is 0. The standard InChI is InChI=1S/C15H23NO2/c1-3-5-11-16-14-9-7-13(8-10-14)15(17)18-12-6-4-2/h7-10,16H,3-6,11-12H2,1-2H3. The highest BCUT2D eigenvalue weighted by atomic mass is 16.5. The summed E-state index contributed by atoms with van der Waals surface area (Å²) in [5, 5.41) is 3.31. The number of esters is 1. The van der Waals surface area contributed by atoms with Crippen LogP contribution in [0.25, 0.3) is 0 Å². The van der Waals surface area contributed by atoms with Crippen molar-refractivity contribution in [3.63, 3.8) is 0 Å². The third kappa shape index (κ3) is 5.21. The highest BCUT2D eigenvalue weighted by molar-refractivity contribution is 5.89. The normalized spacial score (nSPS) is 10.1. The summed E-state index contributed by atoms with van der Waals surface area (Å²) in [5.41, 5.74) is 1.67. The Morgan fingerprint density at radius 1 is 1.11 bits per heavy atom. The summed E-state index contributed by atoms with van der Waals surface area (Å²) in [5.74, 6) is -0.233. The van der Waals surface area contributed by atoms with Gasteiger partial charge in [0.15, 0.2) is 0 Å². The topological polar surface area (TPSA) is 38.3 Å². The second-order valence-corrected chi connectivity index (χ2v) is 4.35. The van der Waals surface area contributed by atoms with E-state index in [9.17, 15) is 4.79 Å². The minimum atomic E-state index is -0.233. The van der Waals surface area contributed by atoms with Crippen molar-refractivity contribution in [1.29, 1.82) is 0 Å². The summed E-state index contributed by atoms with van der Waals surface area (Å²) < 4.78 is 5.15. The van der Waals surface area contributed by atoms with Crippen molar-refractivity contribution in [2.45, 2.75) is 39.5 Å². The fourth-order valence-corrected chi connectivity index (χ4v) is 1.53. The van der Waals surface area contributed by atoms with Crippen LogP contribution in [0.5, 0.6) is 0 Å². The largest absolute Gasteiger partial charge is 0.462 e. The van der Waals surface area contributed by atoms with Crippen molar-refractivity contribution in [2.75, 3.05) is 18.5 Å². The van der Waals surface area contributed by atoms with E-state index in [2.05, 4.69) is 19.2 Å². The highest BCUT2D eigenvalue weighted by Gasteiger charge is 2.05. The van der Waals surface area contributed by atoms with Gasteiger partial charge in [-0.2, -0.15) is 0 Å². The van der Waals surface area contributed by atoms with Crippen molar-refractivity contribution < 1.29 is 9.53 Å². The smallest absolute Gasteiger partial charge is 0.338 e. The Balaban J connectivity index is 2.41.